The Bertz CT molecular complexity index is 241. The van der Waals surface area contributed by atoms with Gasteiger partial charge in [-0.1, -0.05) is 0 Å². The second-order valence-corrected chi connectivity index (χ2v) is 2.96. The van der Waals surface area contributed by atoms with Crippen molar-refractivity contribution in [3.8, 4) is 0 Å². The zero-order valence-electron chi connectivity index (χ0n) is 6.29. The summed E-state index contributed by atoms with van der Waals surface area (Å²) in [7, 11) is 0. The lowest BCUT2D eigenvalue weighted by Crippen LogP contribution is -2.25. The number of fused-ring (bicyclic) bond motifs is 1. The van der Waals surface area contributed by atoms with Crippen LogP contribution in [-0.2, 0) is 19.0 Å². The normalized spacial score (nSPS) is 32.4. The van der Waals surface area contributed by atoms with E-state index in [1.165, 1.54) is 6.26 Å². The van der Waals surface area contributed by atoms with Crippen LogP contribution in [0.5, 0.6) is 0 Å². The summed E-state index contributed by atoms with van der Waals surface area (Å²) >= 11 is 0. The zero-order valence-corrected chi connectivity index (χ0v) is 6.29. The SMILES string of the molecule is CC1(C)OC2=COC(=O)[C@H]2O1. The van der Waals surface area contributed by atoms with Crippen LogP contribution in [0.2, 0.25) is 0 Å². The van der Waals surface area contributed by atoms with Gasteiger partial charge in [0.15, 0.2) is 5.76 Å². The van der Waals surface area contributed by atoms with Crippen LogP contribution in [0.3, 0.4) is 0 Å². The van der Waals surface area contributed by atoms with Gasteiger partial charge in [-0.05, 0) is 0 Å². The van der Waals surface area contributed by atoms with E-state index >= 15 is 0 Å². The van der Waals surface area contributed by atoms with Crippen molar-refractivity contribution in [1.29, 1.82) is 0 Å². The Kier molecular flexibility index (Phi) is 1.07. The van der Waals surface area contributed by atoms with Gasteiger partial charge in [0.05, 0.1) is 0 Å². The minimum atomic E-state index is -0.698. The molecule has 2 rings (SSSR count). The van der Waals surface area contributed by atoms with Gasteiger partial charge in [0.1, 0.15) is 6.26 Å². The van der Waals surface area contributed by atoms with Gasteiger partial charge >= 0.3 is 5.97 Å². The summed E-state index contributed by atoms with van der Waals surface area (Å²) in [5, 5.41) is 0. The molecule has 0 aromatic heterocycles. The second-order valence-electron chi connectivity index (χ2n) is 2.96. The van der Waals surface area contributed by atoms with Crippen molar-refractivity contribution in [2.75, 3.05) is 0 Å². The Morgan fingerprint density at radius 3 is 2.91 bits per heavy atom. The highest BCUT2D eigenvalue weighted by molar-refractivity contribution is 5.81. The van der Waals surface area contributed by atoms with Crippen molar-refractivity contribution < 1.29 is 19.0 Å². The van der Waals surface area contributed by atoms with Crippen LogP contribution in [0.25, 0.3) is 0 Å². The molecule has 2 aliphatic heterocycles. The molecule has 0 aromatic carbocycles. The highest BCUT2D eigenvalue weighted by Gasteiger charge is 2.46. The molecule has 60 valence electrons. The van der Waals surface area contributed by atoms with Gasteiger partial charge in [0.25, 0.3) is 0 Å². The molecule has 0 saturated carbocycles. The lowest BCUT2D eigenvalue weighted by atomic mass is 10.3. The summed E-state index contributed by atoms with van der Waals surface area (Å²) in [6.45, 7) is 3.50. The molecule has 0 aliphatic carbocycles. The largest absolute Gasteiger partial charge is 0.461 e. The van der Waals surface area contributed by atoms with E-state index in [1.54, 1.807) is 13.8 Å². The average molecular weight is 156 g/mol. The first-order valence-electron chi connectivity index (χ1n) is 3.36. The van der Waals surface area contributed by atoms with Gasteiger partial charge in [0, 0.05) is 13.8 Å². The number of hydrogen-bond donors (Lipinski definition) is 0. The minimum absolute atomic E-state index is 0.398. The fourth-order valence-electron chi connectivity index (χ4n) is 1.13. The summed E-state index contributed by atoms with van der Waals surface area (Å²) < 4.78 is 15.0. The van der Waals surface area contributed by atoms with E-state index in [-0.39, 0.29) is 0 Å². The van der Waals surface area contributed by atoms with Crippen LogP contribution in [0.1, 0.15) is 13.8 Å². The summed E-state index contributed by atoms with van der Waals surface area (Å²) in [4.78, 5) is 10.9. The molecule has 0 spiro atoms. The van der Waals surface area contributed by atoms with Crippen molar-refractivity contribution in [3.63, 3.8) is 0 Å². The molecular formula is C7H8O4. The fourth-order valence-corrected chi connectivity index (χ4v) is 1.13. The number of carbonyl (C=O) groups excluding carboxylic acids is 1. The van der Waals surface area contributed by atoms with E-state index in [9.17, 15) is 4.79 Å². The third-order valence-electron chi connectivity index (χ3n) is 1.53. The minimum Gasteiger partial charge on any atom is -0.461 e. The summed E-state index contributed by atoms with van der Waals surface area (Å²) in [6.07, 6.45) is 0.659. The van der Waals surface area contributed by atoms with Gasteiger partial charge in [-0.2, -0.15) is 0 Å². The first-order chi connectivity index (χ1) is 5.08. The van der Waals surface area contributed by atoms with Gasteiger partial charge in [-0.25, -0.2) is 4.79 Å². The van der Waals surface area contributed by atoms with E-state index in [0.29, 0.717) is 5.76 Å². The molecular weight excluding hydrogens is 148 g/mol. The second kappa shape index (κ2) is 1.76. The lowest BCUT2D eigenvalue weighted by Gasteiger charge is -2.16. The quantitative estimate of drug-likeness (QED) is 0.480. The number of carbonyl (C=O) groups is 1. The molecule has 4 nitrogen and oxygen atoms in total. The Morgan fingerprint density at radius 1 is 1.55 bits per heavy atom. The molecule has 1 fully saturated rings. The Labute approximate surface area is 63.7 Å². The number of ether oxygens (including phenoxy) is 3. The predicted octanol–water partition coefficient (Wildman–Crippen LogP) is 0.536. The molecule has 4 heteroatoms. The molecule has 11 heavy (non-hydrogen) atoms. The fraction of sp³-hybridized carbons (Fsp3) is 0.571. The summed E-state index contributed by atoms with van der Waals surface area (Å²) in [6, 6.07) is 0. The predicted molar refractivity (Wildman–Crippen MR) is 34.2 cm³/mol. The maximum Gasteiger partial charge on any atom is 0.348 e. The highest BCUT2D eigenvalue weighted by Crippen LogP contribution is 2.34. The van der Waals surface area contributed by atoms with Crippen LogP contribution in [-0.4, -0.2) is 17.9 Å². The monoisotopic (exact) mass is 156 g/mol. The third-order valence-corrected chi connectivity index (χ3v) is 1.53. The molecule has 0 aromatic rings. The van der Waals surface area contributed by atoms with Gasteiger partial charge in [0.2, 0.25) is 11.9 Å². The maximum absolute atomic E-state index is 10.9. The summed E-state index contributed by atoms with van der Waals surface area (Å²) in [5.74, 6) is -0.624. The molecule has 0 unspecified atom stereocenters. The van der Waals surface area contributed by atoms with E-state index in [0.717, 1.165) is 0 Å². The van der Waals surface area contributed by atoms with E-state index < -0.39 is 17.9 Å². The molecule has 1 atom stereocenters. The molecule has 0 amide bonds. The van der Waals surface area contributed by atoms with Crippen LogP contribution in [0.15, 0.2) is 12.0 Å². The van der Waals surface area contributed by atoms with Crippen molar-refractivity contribution in [3.05, 3.63) is 12.0 Å². The molecule has 2 aliphatic rings. The van der Waals surface area contributed by atoms with Crippen molar-refractivity contribution in [2.45, 2.75) is 25.7 Å². The average Bonchev–Trinajstić information content (AvgIpc) is 2.31. The maximum atomic E-state index is 10.9. The van der Waals surface area contributed by atoms with E-state index in [1.807, 2.05) is 0 Å². The van der Waals surface area contributed by atoms with E-state index in [4.69, 9.17) is 9.47 Å². The van der Waals surface area contributed by atoms with Crippen molar-refractivity contribution >= 4 is 5.97 Å². The van der Waals surface area contributed by atoms with Crippen LogP contribution < -0.4 is 0 Å². The number of esters is 1. The van der Waals surface area contributed by atoms with Gasteiger partial charge in [-0.3, -0.25) is 0 Å². The topological polar surface area (TPSA) is 44.8 Å². The summed E-state index contributed by atoms with van der Waals surface area (Å²) in [5.41, 5.74) is 0. The molecule has 0 radical (unpaired) electrons. The van der Waals surface area contributed by atoms with Crippen LogP contribution >= 0.6 is 0 Å². The Hall–Kier alpha value is -1.03. The van der Waals surface area contributed by atoms with E-state index in [2.05, 4.69) is 4.74 Å². The number of hydrogen-bond acceptors (Lipinski definition) is 4. The third kappa shape index (κ3) is 0.903. The number of rotatable bonds is 0. The zero-order chi connectivity index (χ0) is 8.06. The van der Waals surface area contributed by atoms with Crippen molar-refractivity contribution in [2.24, 2.45) is 0 Å². The Morgan fingerprint density at radius 2 is 2.27 bits per heavy atom. The molecule has 1 saturated heterocycles. The van der Waals surface area contributed by atoms with Gasteiger partial charge in [-0.15, -0.1) is 0 Å². The number of cyclic esters (lactones) is 1. The molecule has 0 N–H and O–H groups in total. The first kappa shape index (κ1) is 6.67. The molecule has 2 heterocycles. The highest BCUT2D eigenvalue weighted by atomic mass is 16.8. The van der Waals surface area contributed by atoms with Gasteiger partial charge < -0.3 is 14.2 Å². The van der Waals surface area contributed by atoms with Crippen LogP contribution in [0, 0.1) is 0 Å². The first-order valence-corrected chi connectivity index (χ1v) is 3.36. The standard InChI is InChI=1S/C7H8O4/c1-7(2)10-4-3-9-6(8)5(4)11-7/h3,5H,1-2H3/t5-/m0/s1. The van der Waals surface area contributed by atoms with Crippen LogP contribution in [0.4, 0.5) is 0 Å². The van der Waals surface area contributed by atoms with Crippen molar-refractivity contribution in [1.82, 2.24) is 0 Å². The molecule has 0 bridgehead atoms. The smallest absolute Gasteiger partial charge is 0.348 e. The lowest BCUT2D eigenvalue weighted by molar-refractivity contribution is -0.166. The Balaban J connectivity index is 2.26.